The number of carbonyl (C=O) groups excluding carboxylic acids is 2. The monoisotopic (exact) mass is 1410 g/mol. The van der Waals surface area contributed by atoms with E-state index in [1.165, 1.54) is 49.2 Å². The largest absolute Gasteiger partial charge is 0.497 e. The highest BCUT2D eigenvalue weighted by Gasteiger charge is 2.45. The number of H-pyrrole nitrogens is 1. The second kappa shape index (κ2) is 39.1. The fourth-order valence-electron chi connectivity index (χ4n) is 11.5. The summed E-state index contributed by atoms with van der Waals surface area (Å²) in [5.74, 6) is 7.54. The van der Waals surface area contributed by atoms with Crippen LogP contribution in [0.3, 0.4) is 0 Å². The molecule has 0 saturated carbocycles. The Morgan fingerprint density at radius 1 is 0.735 bits per heavy atom. The van der Waals surface area contributed by atoms with Gasteiger partial charge in [-0.05, 0) is 131 Å². The Morgan fingerprint density at radius 2 is 1.29 bits per heavy atom. The number of carbonyl (C=O) groups is 2. The molecule has 4 atom stereocenters. The summed E-state index contributed by atoms with van der Waals surface area (Å²) >= 11 is 0. The van der Waals surface area contributed by atoms with Crippen LogP contribution in [-0.2, 0) is 33.7 Å². The highest BCUT2D eigenvalue weighted by molar-refractivity contribution is 7.44. The van der Waals surface area contributed by atoms with Crippen LogP contribution < -0.4 is 45.7 Å². The number of amides is 2. The smallest absolute Gasteiger partial charge is 0.330 e. The predicted octanol–water partition coefficient (Wildman–Crippen LogP) is 14.1. The molecule has 1 aliphatic rings. The summed E-state index contributed by atoms with van der Waals surface area (Å²) in [7, 11) is 6.41. The summed E-state index contributed by atoms with van der Waals surface area (Å²) in [5.41, 5.74) is 2.48. The van der Waals surface area contributed by atoms with Crippen molar-refractivity contribution in [1.29, 1.82) is 5.26 Å². The Hall–Kier alpha value is -10.2. The number of aromatic amines is 1. The molecule has 6 aromatic carbocycles. The summed E-state index contributed by atoms with van der Waals surface area (Å²) in [5, 5.41) is 43.5. The molecule has 2 heterocycles. The summed E-state index contributed by atoms with van der Waals surface area (Å²) in [4.78, 5) is 67.8. The molecule has 0 aliphatic carbocycles. The predicted molar refractivity (Wildman–Crippen MR) is 389 cm³/mol. The molecule has 27 heteroatoms. The number of azo groups is 2. The van der Waals surface area contributed by atoms with E-state index in [-0.39, 0.29) is 74.2 Å². The molecule has 7 aromatic rings. The first-order chi connectivity index (χ1) is 49.4. The first-order valence-corrected chi connectivity index (χ1v) is 34.9. The molecular formula is C75H89N12O14P. The van der Waals surface area contributed by atoms with Crippen molar-refractivity contribution in [3.8, 4) is 40.9 Å². The van der Waals surface area contributed by atoms with E-state index in [9.17, 15) is 34.6 Å². The molecule has 0 bridgehead atoms. The van der Waals surface area contributed by atoms with Gasteiger partial charge in [0.15, 0.2) is 0 Å². The number of nitro groups is 1. The van der Waals surface area contributed by atoms with Crippen molar-refractivity contribution in [2.24, 2.45) is 20.5 Å². The summed E-state index contributed by atoms with van der Waals surface area (Å²) in [6.07, 6.45) is 4.28. The topological polar surface area (TPSA) is 310 Å². The summed E-state index contributed by atoms with van der Waals surface area (Å²) in [6, 6.07) is 43.8. The summed E-state index contributed by atoms with van der Waals surface area (Å²) in [6.45, 7) is 9.47. The number of non-ortho nitro benzene ring substituents is 1. The van der Waals surface area contributed by atoms with Gasteiger partial charge in [0, 0.05) is 87.6 Å². The third kappa shape index (κ3) is 21.7. The zero-order valence-electron chi connectivity index (χ0n) is 59.0. The molecule has 1 saturated heterocycles. The average Bonchev–Trinajstić information content (AvgIpc) is 0.892. The molecule has 0 spiro atoms. The quantitative estimate of drug-likeness (QED) is 0.00616. The van der Waals surface area contributed by atoms with Crippen molar-refractivity contribution in [2.75, 3.05) is 73.2 Å². The van der Waals surface area contributed by atoms with Gasteiger partial charge in [-0.15, -0.1) is 10.2 Å². The van der Waals surface area contributed by atoms with E-state index >= 15 is 0 Å². The number of ether oxygens (including phenoxy) is 6. The highest BCUT2D eigenvalue weighted by Crippen LogP contribution is 2.51. The molecule has 538 valence electrons. The molecule has 102 heavy (non-hydrogen) atoms. The average molecular weight is 1410 g/mol. The molecule has 2 amide bonds. The Kier molecular flexibility index (Phi) is 29.8. The molecule has 26 nitrogen and oxygen atoms in total. The molecule has 1 aliphatic heterocycles. The number of benzene rings is 6. The molecule has 1 aromatic heterocycles. The van der Waals surface area contributed by atoms with Gasteiger partial charge >= 0.3 is 5.69 Å². The van der Waals surface area contributed by atoms with Crippen LogP contribution in [0.15, 0.2) is 176 Å². The van der Waals surface area contributed by atoms with Gasteiger partial charge in [0.05, 0.1) is 83.1 Å². The number of aromatic nitrogens is 2. The van der Waals surface area contributed by atoms with E-state index in [1.54, 1.807) is 26.4 Å². The minimum atomic E-state index is -1.80. The zero-order chi connectivity index (χ0) is 73.0. The van der Waals surface area contributed by atoms with Crippen molar-refractivity contribution in [3.63, 3.8) is 0 Å². The van der Waals surface area contributed by atoms with Crippen molar-refractivity contribution in [1.82, 2.24) is 24.9 Å². The second-order valence-electron chi connectivity index (χ2n) is 24.4. The lowest BCUT2D eigenvalue weighted by atomic mass is 9.80. The number of nitro benzene ring substituents is 1. The van der Waals surface area contributed by atoms with E-state index in [0.717, 1.165) is 54.6 Å². The Morgan fingerprint density at radius 3 is 1.84 bits per heavy atom. The number of nitrogens with zero attached hydrogens (tertiary/aromatic N) is 9. The number of hydrogen-bond donors (Lipinski definition) is 3. The Bertz CT molecular complexity index is 4100. The lowest BCUT2D eigenvalue weighted by Gasteiger charge is -2.39. The number of unbranched alkanes of at least 4 members (excludes halogenated alkanes) is 4. The third-order valence-corrected chi connectivity index (χ3v) is 18.9. The molecule has 1 unspecified atom stereocenters. The van der Waals surface area contributed by atoms with Gasteiger partial charge in [0.2, 0.25) is 11.8 Å². The SMILES string of the molecule is COc1ccc(C(OC[C@H]2O[C@@H](n3cc(C#CCNC(=O)CCCCCNC(=O)CCCCCN(C)c4ccc(N=Nc5cc(OC)c(N=Nc6ccc([N+](=O)[O-])cc6)cc5OC)cc4)c(=O)[nH]c3=O)C[C@@H]2OP(OCCC#N)N(C(C)C)C(C)C)(c2ccccc2)c2ccc(OC)cc2)cc1. The Balaban J connectivity index is 0.795. The lowest BCUT2D eigenvalue weighted by molar-refractivity contribution is -0.384. The van der Waals surface area contributed by atoms with Crippen LogP contribution in [0, 0.1) is 33.3 Å². The van der Waals surface area contributed by atoms with Crippen molar-refractivity contribution < 1.29 is 52.0 Å². The molecular weight excluding hydrogens is 1320 g/mol. The Labute approximate surface area is 595 Å². The maximum atomic E-state index is 13.8. The van der Waals surface area contributed by atoms with Gasteiger partial charge in [0.25, 0.3) is 19.8 Å². The van der Waals surface area contributed by atoms with Crippen LogP contribution in [0.1, 0.15) is 120 Å². The standard InChI is InChI=1S/C75H89N12O14P/c1-52(2)86(53(3)4)102(99-46-20-42-76)101-68-49-72(100-69(68)51-98-75(55-22-13-10-14-23-55,56-26-38-62(94-6)39-27-56)57-28-40-63(95-7)41-29-57)85-50-54(73(90)79-74(85)91)21-19-44-78-71(89)24-15-11-17-43-77-70(88)25-16-12-18-45-84(5)60-34-30-58(31-35-60)80-82-64-47-67(97-9)65(48-66(64)96-8)83-81-59-32-36-61(37-33-59)87(92)93/h10,13-14,22-23,26-41,47-48,50,52-53,68-69,72H,11-12,15-18,20,24-25,43-46,49,51H2,1-9H3,(H,77,88)(H,78,89)(H,79,90,91)/t68-,69+,72+,102?/m0/s1. The first kappa shape index (κ1) is 77.6. The second-order valence-corrected chi connectivity index (χ2v) is 25.8. The van der Waals surface area contributed by atoms with Gasteiger partial charge < -0.3 is 53.0 Å². The highest BCUT2D eigenvalue weighted by atomic mass is 31.2. The van der Waals surface area contributed by atoms with Gasteiger partial charge in [0.1, 0.15) is 57.9 Å². The number of hydrogen-bond acceptors (Lipinski definition) is 21. The number of methoxy groups -OCH3 is 4. The minimum Gasteiger partial charge on any atom is -0.497 e. The van der Waals surface area contributed by atoms with Crippen LogP contribution >= 0.6 is 8.53 Å². The van der Waals surface area contributed by atoms with Crippen LogP contribution in [0.25, 0.3) is 0 Å². The maximum Gasteiger partial charge on any atom is 0.330 e. The van der Waals surface area contributed by atoms with Crippen LogP contribution in [0.4, 0.5) is 34.1 Å². The van der Waals surface area contributed by atoms with Crippen LogP contribution in [0.5, 0.6) is 23.0 Å². The number of rotatable bonds is 38. The maximum absolute atomic E-state index is 13.8. The number of nitrogens with one attached hydrogen (secondary N) is 3. The number of anilines is 1. The van der Waals surface area contributed by atoms with Crippen molar-refractivity contribution in [2.45, 2.75) is 128 Å². The fourth-order valence-corrected chi connectivity index (χ4v) is 13.2. The van der Waals surface area contributed by atoms with Crippen molar-refractivity contribution in [3.05, 3.63) is 199 Å². The molecule has 1 fully saturated rings. The zero-order valence-corrected chi connectivity index (χ0v) is 59.9. The normalized spacial score (nSPS) is 14.7. The van der Waals surface area contributed by atoms with Crippen LogP contribution in [0.2, 0.25) is 0 Å². The van der Waals surface area contributed by atoms with E-state index in [2.05, 4.69) is 63.6 Å². The van der Waals surface area contributed by atoms with E-state index in [4.69, 9.17) is 37.5 Å². The van der Waals surface area contributed by atoms with Gasteiger partial charge in [-0.1, -0.05) is 79.3 Å². The summed E-state index contributed by atoms with van der Waals surface area (Å²) < 4.78 is 53.2. The number of nitriles is 1. The first-order valence-electron chi connectivity index (χ1n) is 33.8. The third-order valence-electron chi connectivity index (χ3n) is 16.8. The van der Waals surface area contributed by atoms with Gasteiger partial charge in [-0.25, -0.2) is 9.46 Å². The van der Waals surface area contributed by atoms with Crippen LogP contribution in [-0.4, -0.2) is 124 Å². The minimum absolute atomic E-state index is 0.0136. The van der Waals surface area contributed by atoms with Crippen molar-refractivity contribution >= 4 is 54.5 Å². The lowest BCUT2D eigenvalue weighted by Crippen LogP contribution is -2.39. The van der Waals surface area contributed by atoms with E-state index < -0.39 is 48.7 Å². The molecule has 8 rings (SSSR count). The van der Waals surface area contributed by atoms with E-state index in [0.29, 0.717) is 71.6 Å². The fraction of sp³-hybridized carbons (Fsp3) is 0.400. The molecule has 0 radical (unpaired) electrons. The van der Waals surface area contributed by atoms with Gasteiger partial charge in [-0.3, -0.25) is 34.0 Å². The van der Waals surface area contributed by atoms with E-state index in [1.807, 2.05) is 138 Å². The van der Waals surface area contributed by atoms with Gasteiger partial charge in [-0.2, -0.15) is 15.5 Å². The molecule has 3 N–H and O–H groups in total.